The first-order valence-electron chi connectivity index (χ1n) is 8.04. The maximum absolute atomic E-state index is 5.31. The minimum absolute atomic E-state index is 0.374. The van der Waals surface area contributed by atoms with Gasteiger partial charge in [0, 0.05) is 19.7 Å². The zero-order valence-electron chi connectivity index (χ0n) is 14.4. The maximum atomic E-state index is 5.31. The standard InChI is InChI=1S/C18H26N4O/c1-13(2)17-11-16(23-22-17)12-21-18(19-4)20-9-8-15-7-5-6-14(3)10-15/h5-7,10-11,13H,8-9,12H2,1-4H3,(H2,19,20,21). The van der Waals surface area contributed by atoms with Gasteiger partial charge in [-0.25, -0.2) is 0 Å². The largest absolute Gasteiger partial charge is 0.359 e. The van der Waals surface area contributed by atoms with Crippen molar-refractivity contribution in [1.82, 2.24) is 15.8 Å². The number of nitrogens with zero attached hydrogens (tertiary/aromatic N) is 2. The molecule has 1 aromatic heterocycles. The van der Waals surface area contributed by atoms with Crippen LogP contribution in [0.5, 0.6) is 0 Å². The first-order valence-corrected chi connectivity index (χ1v) is 8.04. The van der Waals surface area contributed by atoms with Crippen LogP contribution in [0.15, 0.2) is 39.8 Å². The normalized spacial score (nSPS) is 11.8. The summed E-state index contributed by atoms with van der Waals surface area (Å²) in [5.41, 5.74) is 3.59. The maximum Gasteiger partial charge on any atom is 0.191 e. The molecule has 0 fully saturated rings. The third kappa shape index (κ3) is 5.43. The molecule has 0 unspecified atom stereocenters. The highest BCUT2D eigenvalue weighted by Crippen LogP contribution is 2.13. The summed E-state index contributed by atoms with van der Waals surface area (Å²) in [6, 6.07) is 10.5. The molecule has 0 atom stereocenters. The fourth-order valence-electron chi connectivity index (χ4n) is 2.27. The molecule has 0 saturated heterocycles. The van der Waals surface area contributed by atoms with Crippen molar-refractivity contribution in [3.8, 4) is 0 Å². The van der Waals surface area contributed by atoms with Crippen LogP contribution in [0.2, 0.25) is 0 Å². The summed E-state index contributed by atoms with van der Waals surface area (Å²) >= 11 is 0. The van der Waals surface area contributed by atoms with E-state index in [0.717, 1.165) is 30.4 Å². The molecule has 23 heavy (non-hydrogen) atoms. The average Bonchev–Trinajstić information content (AvgIpc) is 3.00. The Labute approximate surface area is 138 Å². The van der Waals surface area contributed by atoms with E-state index < -0.39 is 0 Å². The molecule has 0 aliphatic carbocycles. The summed E-state index contributed by atoms with van der Waals surface area (Å²) in [5.74, 6) is 1.95. The second-order valence-corrected chi connectivity index (χ2v) is 5.96. The van der Waals surface area contributed by atoms with E-state index in [1.54, 1.807) is 7.05 Å². The van der Waals surface area contributed by atoms with Gasteiger partial charge in [0.15, 0.2) is 11.7 Å². The molecule has 5 nitrogen and oxygen atoms in total. The van der Waals surface area contributed by atoms with Gasteiger partial charge in [-0.05, 0) is 24.8 Å². The SMILES string of the molecule is CN=C(NCCc1cccc(C)c1)NCc1cc(C(C)C)no1. The van der Waals surface area contributed by atoms with E-state index in [-0.39, 0.29) is 0 Å². The molecule has 0 amide bonds. The van der Waals surface area contributed by atoms with Crippen LogP contribution < -0.4 is 10.6 Å². The van der Waals surface area contributed by atoms with Crippen molar-refractivity contribution in [2.24, 2.45) is 4.99 Å². The quantitative estimate of drug-likeness (QED) is 0.635. The summed E-state index contributed by atoms with van der Waals surface area (Å²) in [6.07, 6.45) is 0.961. The van der Waals surface area contributed by atoms with Gasteiger partial charge in [-0.2, -0.15) is 0 Å². The van der Waals surface area contributed by atoms with Gasteiger partial charge in [0.05, 0.1) is 12.2 Å². The van der Waals surface area contributed by atoms with Crippen molar-refractivity contribution in [2.75, 3.05) is 13.6 Å². The van der Waals surface area contributed by atoms with Crippen LogP contribution in [0.3, 0.4) is 0 Å². The fraction of sp³-hybridized carbons (Fsp3) is 0.444. The third-order valence-corrected chi connectivity index (χ3v) is 3.61. The van der Waals surface area contributed by atoms with Gasteiger partial charge in [0.25, 0.3) is 0 Å². The first kappa shape index (κ1) is 17.1. The van der Waals surface area contributed by atoms with Crippen molar-refractivity contribution in [2.45, 2.75) is 39.7 Å². The van der Waals surface area contributed by atoms with Crippen LogP contribution in [0.25, 0.3) is 0 Å². The number of nitrogens with one attached hydrogen (secondary N) is 2. The topological polar surface area (TPSA) is 62.5 Å². The lowest BCUT2D eigenvalue weighted by Crippen LogP contribution is -2.37. The predicted molar refractivity (Wildman–Crippen MR) is 93.7 cm³/mol. The summed E-state index contributed by atoms with van der Waals surface area (Å²) in [4.78, 5) is 4.23. The van der Waals surface area contributed by atoms with Gasteiger partial charge < -0.3 is 15.2 Å². The number of aryl methyl sites for hydroxylation is 1. The Morgan fingerprint density at radius 3 is 2.74 bits per heavy atom. The summed E-state index contributed by atoms with van der Waals surface area (Å²) in [5, 5.41) is 10.6. The van der Waals surface area contributed by atoms with E-state index in [9.17, 15) is 0 Å². The molecule has 0 bridgehead atoms. The molecule has 2 N–H and O–H groups in total. The average molecular weight is 314 g/mol. The molecule has 0 aliphatic rings. The third-order valence-electron chi connectivity index (χ3n) is 3.61. The Morgan fingerprint density at radius 2 is 2.09 bits per heavy atom. The van der Waals surface area contributed by atoms with E-state index in [2.05, 4.69) is 65.8 Å². The predicted octanol–water partition coefficient (Wildman–Crippen LogP) is 3.01. The summed E-state index contributed by atoms with van der Waals surface area (Å²) in [6.45, 7) is 7.71. The van der Waals surface area contributed by atoms with Crippen molar-refractivity contribution in [1.29, 1.82) is 0 Å². The van der Waals surface area contributed by atoms with Crippen LogP contribution >= 0.6 is 0 Å². The molecule has 2 aromatic rings. The lowest BCUT2D eigenvalue weighted by atomic mass is 10.1. The Morgan fingerprint density at radius 1 is 1.26 bits per heavy atom. The number of benzene rings is 1. The van der Waals surface area contributed by atoms with Crippen LogP contribution in [-0.2, 0) is 13.0 Å². The second-order valence-electron chi connectivity index (χ2n) is 5.96. The van der Waals surface area contributed by atoms with Gasteiger partial charge in [-0.15, -0.1) is 0 Å². The van der Waals surface area contributed by atoms with Crippen molar-refractivity contribution >= 4 is 5.96 Å². The number of hydrogen-bond acceptors (Lipinski definition) is 3. The van der Waals surface area contributed by atoms with Crippen molar-refractivity contribution in [3.05, 3.63) is 52.9 Å². The minimum Gasteiger partial charge on any atom is -0.359 e. The first-order chi connectivity index (χ1) is 11.1. The lowest BCUT2D eigenvalue weighted by Gasteiger charge is -2.10. The summed E-state index contributed by atoms with van der Waals surface area (Å²) in [7, 11) is 1.77. The second kappa shape index (κ2) is 8.36. The molecule has 1 aromatic carbocycles. The van der Waals surface area contributed by atoms with Crippen molar-refractivity contribution in [3.63, 3.8) is 0 Å². The Bertz CT molecular complexity index is 646. The van der Waals surface area contributed by atoms with E-state index in [0.29, 0.717) is 12.5 Å². The number of aromatic nitrogens is 1. The molecular weight excluding hydrogens is 288 g/mol. The van der Waals surface area contributed by atoms with Gasteiger partial charge in [0.2, 0.25) is 0 Å². The highest BCUT2D eigenvalue weighted by Gasteiger charge is 2.08. The van der Waals surface area contributed by atoms with E-state index >= 15 is 0 Å². The Hall–Kier alpha value is -2.30. The molecule has 2 rings (SSSR count). The molecule has 0 spiro atoms. The lowest BCUT2D eigenvalue weighted by molar-refractivity contribution is 0.372. The monoisotopic (exact) mass is 314 g/mol. The summed E-state index contributed by atoms with van der Waals surface area (Å²) < 4.78 is 5.31. The van der Waals surface area contributed by atoms with E-state index in [4.69, 9.17) is 4.52 Å². The van der Waals surface area contributed by atoms with Crippen molar-refractivity contribution < 1.29 is 4.52 Å². The van der Waals surface area contributed by atoms with Gasteiger partial charge in [-0.3, -0.25) is 4.99 Å². The molecule has 0 radical (unpaired) electrons. The highest BCUT2D eigenvalue weighted by atomic mass is 16.5. The smallest absolute Gasteiger partial charge is 0.191 e. The van der Waals surface area contributed by atoms with Crippen LogP contribution in [0.1, 0.15) is 42.3 Å². The number of aliphatic imine (C=N–C) groups is 1. The van der Waals surface area contributed by atoms with Crippen LogP contribution in [0.4, 0.5) is 0 Å². The minimum atomic E-state index is 0.374. The zero-order valence-corrected chi connectivity index (χ0v) is 14.4. The Balaban J connectivity index is 1.77. The van der Waals surface area contributed by atoms with Gasteiger partial charge in [-0.1, -0.05) is 48.8 Å². The van der Waals surface area contributed by atoms with Crippen LogP contribution in [0, 0.1) is 6.92 Å². The van der Waals surface area contributed by atoms with Gasteiger partial charge in [0.1, 0.15) is 0 Å². The Kier molecular flexibility index (Phi) is 6.20. The molecule has 1 heterocycles. The van der Waals surface area contributed by atoms with E-state index in [1.165, 1.54) is 11.1 Å². The molecule has 0 saturated carbocycles. The van der Waals surface area contributed by atoms with Gasteiger partial charge >= 0.3 is 0 Å². The van der Waals surface area contributed by atoms with Crippen LogP contribution in [-0.4, -0.2) is 24.7 Å². The number of guanidine groups is 1. The molecule has 124 valence electrons. The number of hydrogen-bond donors (Lipinski definition) is 2. The number of rotatable bonds is 6. The fourth-order valence-corrected chi connectivity index (χ4v) is 2.27. The zero-order chi connectivity index (χ0) is 16.7. The molecular formula is C18H26N4O. The highest BCUT2D eigenvalue weighted by molar-refractivity contribution is 5.79. The molecule has 0 aliphatic heterocycles. The molecule has 5 heteroatoms. The van der Waals surface area contributed by atoms with E-state index in [1.807, 2.05) is 6.07 Å².